The molecule has 0 aliphatic rings. The molecule has 0 saturated heterocycles. The number of sulfonamides is 1. The van der Waals surface area contributed by atoms with E-state index >= 15 is 0 Å². The summed E-state index contributed by atoms with van der Waals surface area (Å²) in [6, 6.07) is 10.4. The van der Waals surface area contributed by atoms with E-state index in [2.05, 4.69) is 9.71 Å². The molecule has 118 valence electrons. The van der Waals surface area contributed by atoms with Crippen LogP contribution in [0.4, 0.5) is 10.1 Å². The highest BCUT2D eigenvalue weighted by Crippen LogP contribution is 2.26. The number of pyridine rings is 1. The Morgan fingerprint density at radius 2 is 1.96 bits per heavy atom. The van der Waals surface area contributed by atoms with E-state index in [4.69, 9.17) is 11.6 Å². The summed E-state index contributed by atoms with van der Waals surface area (Å²) in [4.78, 5) is 4.18. The van der Waals surface area contributed by atoms with Gasteiger partial charge in [0.25, 0.3) is 10.0 Å². The lowest BCUT2D eigenvalue weighted by Crippen LogP contribution is -2.14. The first-order valence-electron chi connectivity index (χ1n) is 6.70. The summed E-state index contributed by atoms with van der Waals surface area (Å²) in [5.74, 6) is -0.745. The Hall–Kier alpha value is -2.18. The Labute approximate surface area is 138 Å². The molecule has 1 heterocycles. The average Bonchev–Trinajstić information content (AvgIpc) is 2.49. The van der Waals surface area contributed by atoms with Gasteiger partial charge in [-0.15, -0.1) is 0 Å². The molecular weight excluding hydrogens is 339 g/mol. The van der Waals surface area contributed by atoms with Gasteiger partial charge in [0.2, 0.25) is 0 Å². The predicted molar refractivity (Wildman–Crippen MR) is 88.7 cm³/mol. The van der Waals surface area contributed by atoms with Crippen molar-refractivity contribution in [1.29, 1.82) is 0 Å². The van der Waals surface area contributed by atoms with E-state index in [1.807, 2.05) is 13.0 Å². The molecule has 7 heteroatoms. The lowest BCUT2D eigenvalue weighted by Gasteiger charge is -2.11. The molecule has 23 heavy (non-hydrogen) atoms. The van der Waals surface area contributed by atoms with Gasteiger partial charge in [-0.1, -0.05) is 23.7 Å². The summed E-state index contributed by atoms with van der Waals surface area (Å²) in [5, 5.41) is 0.886. The molecule has 0 atom stereocenters. The van der Waals surface area contributed by atoms with Crippen LogP contribution in [-0.2, 0) is 10.0 Å². The largest absolute Gasteiger partial charge is 0.277 e. The van der Waals surface area contributed by atoms with Crippen LogP contribution < -0.4 is 4.72 Å². The third kappa shape index (κ3) is 3.13. The van der Waals surface area contributed by atoms with Gasteiger partial charge in [0.05, 0.1) is 11.2 Å². The number of fused-ring (bicyclic) bond motifs is 1. The maximum Gasteiger partial charge on any atom is 0.264 e. The van der Waals surface area contributed by atoms with Crippen LogP contribution in [0.25, 0.3) is 10.9 Å². The number of hydrogen-bond acceptors (Lipinski definition) is 3. The number of anilines is 1. The molecule has 3 rings (SSSR count). The van der Waals surface area contributed by atoms with Crippen molar-refractivity contribution >= 4 is 38.2 Å². The minimum atomic E-state index is -3.98. The van der Waals surface area contributed by atoms with Gasteiger partial charge in [-0.3, -0.25) is 9.71 Å². The number of hydrogen-bond donors (Lipinski definition) is 1. The third-order valence-electron chi connectivity index (χ3n) is 3.28. The summed E-state index contributed by atoms with van der Waals surface area (Å²) in [6.45, 7) is 1.87. The summed E-state index contributed by atoms with van der Waals surface area (Å²) in [6.07, 6.45) is 1.59. The molecule has 1 aromatic heterocycles. The van der Waals surface area contributed by atoms with Crippen molar-refractivity contribution in [2.24, 2.45) is 0 Å². The normalized spacial score (nSPS) is 11.6. The molecule has 0 unspecified atom stereocenters. The maximum absolute atomic E-state index is 13.8. The van der Waals surface area contributed by atoms with E-state index < -0.39 is 15.8 Å². The minimum Gasteiger partial charge on any atom is -0.277 e. The highest BCUT2D eigenvalue weighted by molar-refractivity contribution is 7.93. The highest BCUT2D eigenvalue weighted by atomic mass is 35.5. The Bertz CT molecular complexity index is 1010. The van der Waals surface area contributed by atoms with Crippen LogP contribution in [-0.4, -0.2) is 13.4 Å². The van der Waals surface area contributed by atoms with Gasteiger partial charge in [-0.05, 0) is 42.8 Å². The Morgan fingerprint density at radius 3 is 2.70 bits per heavy atom. The first-order valence-corrected chi connectivity index (χ1v) is 8.56. The topological polar surface area (TPSA) is 59.1 Å². The molecule has 3 aromatic rings. The molecule has 0 aliphatic carbocycles. The second-order valence-electron chi connectivity index (χ2n) is 5.07. The number of halogens is 2. The maximum atomic E-state index is 13.8. The van der Waals surface area contributed by atoms with Gasteiger partial charge < -0.3 is 0 Å². The fraction of sp³-hybridized carbons (Fsp3) is 0.0625. The van der Waals surface area contributed by atoms with Gasteiger partial charge in [0, 0.05) is 16.6 Å². The van der Waals surface area contributed by atoms with Crippen molar-refractivity contribution < 1.29 is 12.8 Å². The Balaban J connectivity index is 2.10. The highest BCUT2D eigenvalue weighted by Gasteiger charge is 2.20. The summed E-state index contributed by atoms with van der Waals surface area (Å²) >= 11 is 5.67. The van der Waals surface area contributed by atoms with Gasteiger partial charge >= 0.3 is 0 Å². The second-order valence-corrected chi connectivity index (χ2v) is 7.16. The first-order chi connectivity index (χ1) is 10.9. The van der Waals surface area contributed by atoms with E-state index in [0.717, 1.165) is 11.6 Å². The van der Waals surface area contributed by atoms with Crippen LogP contribution in [0.1, 0.15) is 5.56 Å². The number of nitrogens with zero attached hydrogens (tertiary/aromatic N) is 1. The number of para-hydroxylation sites is 1. The molecule has 1 N–H and O–H groups in total. The van der Waals surface area contributed by atoms with Crippen molar-refractivity contribution in [3.8, 4) is 0 Å². The quantitative estimate of drug-likeness (QED) is 0.772. The fourth-order valence-electron chi connectivity index (χ4n) is 2.23. The second kappa shape index (κ2) is 5.79. The van der Waals surface area contributed by atoms with Gasteiger partial charge in [-0.2, -0.15) is 0 Å². The van der Waals surface area contributed by atoms with E-state index in [0.29, 0.717) is 10.9 Å². The summed E-state index contributed by atoms with van der Waals surface area (Å²) in [7, 11) is -3.98. The number of rotatable bonds is 3. The van der Waals surface area contributed by atoms with Crippen LogP contribution in [0.3, 0.4) is 0 Å². The SMILES string of the molecule is Cc1cnc2c(S(=O)(=O)Nc3ccc(Cl)cc3F)cccc2c1. The van der Waals surface area contributed by atoms with Crippen LogP contribution >= 0.6 is 11.6 Å². The monoisotopic (exact) mass is 350 g/mol. The minimum absolute atomic E-state index is 0.00986. The Kier molecular flexibility index (Phi) is 3.95. The van der Waals surface area contributed by atoms with Crippen LogP contribution in [0.15, 0.2) is 53.6 Å². The van der Waals surface area contributed by atoms with Crippen molar-refractivity contribution in [2.75, 3.05) is 4.72 Å². The number of aromatic nitrogens is 1. The third-order valence-corrected chi connectivity index (χ3v) is 4.91. The predicted octanol–water partition coefficient (Wildman–Crippen LogP) is 4.14. The number of nitrogens with one attached hydrogen (secondary N) is 1. The van der Waals surface area contributed by atoms with Crippen molar-refractivity contribution in [1.82, 2.24) is 4.98 Å². The smallest absolute Gasteiger partial charge is 0.264 e. The van der Waals surface area contributed by atoms with Crippen LogP contribution in [0.2, 0.25) is 5.02 Å². The molecule has 0 amide bonds. The molecule has 0 spiro atoms. The lowest BCUT2D eigenvalue weighted by atomic mass is 10.2. The molecule has 4 nitrogen and oxygen atoms in total. The zero-order chi connectivity index (χ0) is 16.6. The zero-order valence-electron chi connectivity index (χ0n) is 12.0. The van der Waals surface area contributed by atoms with Gasteiger partial charge in [-0.25, -0.2) is 12.8 Å². The standard InChI is InChI=1S/C16H12ClFN2O2S/c1-10-7-11-3-2-4-15(16(11)19-9-10)23(21,22)20-14-6-5-12(17)8-13(14)18/h2-9,20H,1H3. The van der Waals surface area contributed by atoms with E-state index in [1.54, 1.807) is 18.3 Å². The molecule has 0 saturated carbocycles. The molecule has 0 radical (unpaired) electrons. The Morgan fingerprint density at radius 1 is 1.17 bits per heavy atom. The summed E-state index contributed by atoms with van der Waals surface area (Å²) < 4.78 is 41.2. The van der Waals surface area contributed by atoms with Gasteiger partial charge in [0.15, 0.2) is 0 Å². The number of aryl methyl sites for hydroxylation is 1. The fourth-order valence-corrected chi connectivity index (χ4v) is 3.64. The first kappa shape index (κ1) is 15.7. The van der Waals surface area contributed by atoms with E-state index in [1.165, 1.54) is 18.2 Å². The van der Waals surface area contributed by atoms with Gasteiger partial charge in [0.1, 0.15) is 10.7 Å². The number of benzene rings is 2. The van der Waals surface area contributed by atoms with Crippen LogP contribution in [0, 0.1) is 12.7 Å². The van der Waals surface area contributed by atoms with Crippen LogP contribution in [0.5, 0.6) is 0 Å². The van der Waals surface area contributed by atoms with Crippen molar-refractivity contribution in [3.63, 3.8) is 0 Å². The van der Waals surface area contributed by atoms with Crippen molar-refractivity contribution in [3.05, 3.63) is 65.1 Å². The zero-order valence-corrected chi connectivity index (χ0v) is 13.6. The van der Waals surface area contributed by atoms with E-state index in [9.17, 15) is 12.8 Å². The van der Waals surface area contributed by atoms with E-state index in [-0.39, 0.29) is 15.6 Å². The molecule has 0 bridgehead atoms. The van der Waals surface area contributed by atoms with Crippen molar-refractivity contribution in [2.45, 2.75) is 11.8 Å². The molecule has 0 fully saturated rings. The molecule has 0 aliphatic heterocycles. The molecular formula is C16H12ClFN2O2S. The average molecular weight is 351 g/mol. The lowest BCUT2D eigenvalue weighted by molar-refractivity contribution is 0.599. The summed E-state index contributed by atoms with van der Waals surface area (Å²) in [5.41, 5.74) is 1.09. The molecule has 2 aromatic carbocycles.